The molecule has 0 fully saturated rings. The van der Waals surface area contributed by atoms with Crippen LogP contribution in [-0.4, -0.2) is 0 Å². The zero-order chi connectivity index (χ0) is 13.2. The van der Waals surface area contributed by atoms with E-state index in [0.29, 0.717) is 5.41 Å². The Balaban J connectivity index is 2.22. The van der Waals surface area contributed by atoms with Crippen LogP contribution < -0.4 is 0 Å². The van der Waals surface area contributed by atoms with Crippen molar-refractivity contribution in [2.45, 2.75) is 27.2 Å². The van der Waals surface area contributed by atoms with Gasteiger partial charge in [-0.2, -0.15) is 0 Å². The molecule has 0 aromatic heterocycles. The third kappa shape index (κ3) is 3.61. The Bertz CT molecular complexity index is 518. The van der Waals surface area contributed by atoms with Gasteiger partial charge in [0.05, 0.1) is 0 Å². The molecule has 1 heteroatoms. The molecule has 0 aliphatic heterocycles. The van der Waals surface area contributed by atoms with Crippen LogP contribution >= 0.6 is 11.6 Å². The maximum atomic E-state index is 6.01. The summed E-state index contributed by atoms with van der Waals surface area (Å²) >= 11 is 6.01. The molecule has 0 amide bonds. The highest BCUT2D eigenvalue weighted by atomic mass is 35.5. The zero-order valence-corrected chi connectivity index (χ0v) is 12.0. The van der Waals surface area contributed by atoms with Crippen molar-refractivity contribution in [3.8, 4) is 11.1 Å². The van der Waals surface area contributed by atoms with E-state index >= 15 is 0 Å². The van der Waals surface area contributed by atoms with Gasteiger partial charge in [-0.1, -0.05) is 68.8 Å². The maximum Gasteiger partial charge on any atom is 0.0412 e. The van der Waals surface area contributed by atoms with Crippen LogP contribution in [0.4, 0.5) is 0 Å². The van der Waals surface area contributed by atoms with Crippen molar-refractivity contribution in [2.75, 3.05) is 0 Å². The van der Waals surface area contributed by atoms with Crippen molar-refractivity contribution >= 4 is 11.6 Å². The molecule has 0 N–H and O–H groups in total. The van der Waals surface area contributed by atoms with Gasteiger partial charge in [0.2, 0.25) is 0 Å². The first-order valence-corrected chi connectivity index (χ1v) is 6.67. The van der Waals surface area contributed by atoms with Gasteiger partial charge in [0, 0.05) is 5.02 Å². The van der Waals surface area contributed by atoms with Crippen molar-refractivity contribution < 1.29 is 0 Å². The van der Waals surface area contributed by atoms with E-state index in [9.17, 15) is 0 Å². The highest BCUT2D eigenvalue weighted by Gasteiger charge is 2.11. The molecule has 18 heavy (non-hydrogen) atoms. The molecule has 2 aromatic carbocycles. The highest BCUT2D eigenvalue weighted by Crippen LogP contribution is 2.25. The fraction of sp³-hybridized carbons (Fsp3) is 0.294. The lowest BCUT2D eigenvalue weighted by Crippen LogP contribution is -2.08. The molecule has 0 nitrogen and oxygen atoms in total. The molecule has 0 heterocycles. The van der Waals surface area contributed by atoms with Gasteiger partial charge in [-0.25, -0.2) is 0 Å². The Morgan fingerprint density at radius 3 is 2.11 bits per heavy atom. The zero-order valence-electron chi connectivity index (χ0n) is 11.2. The summed E-state index contributed by atoms with van der Waals surface area (Å²) in [6.07, 6.45) is 1.10. The van der Waals surface area contributed by atoms with Crippen LogP contribution in [-0.2, 0) is 6.42 Å². The number of hydrogen-bond donors (Lipinski definition) is 0. The van der Waals surface area contributed by atoms with Crippen molar-refractivity contribution in [1.82, 2.24) is 0 Å². The van der Waals surface area contributed by atoms with Crippen molar-refractivity contribution in [3.05, 3.63) is 59.1 Å². The van der Waals surface area contributed by atoms with Crippen LogP contribution in [0, 0.1) is 5.41 Å². The molecule has 0 atom stereocenters. The second-order valence-electron chi connectivity index (χ2n) is 5.94. The van der Waals surface area contributed by atoms with Crippen molar-refractivity contribution in [3.63, 3.8) is 0 Å². The maximum absolute atomic E-state index is 6.01. The van der Waals surface area contributed by atoms with E-state index in [0.717, 1.165) is 11.4 Å². The molecular weight excluding hydrogens is 240 g/mol. The summed E-state index contributed by atoms with van der Waals surface area (Å²) in [5.41, 5.74) is 4.10. The first kappa shape index (κ1) is 13.2. The smallest absolute Gasteiger partial charge is 0.0412 e. The Hall–Kier alpha value is -1.27. The molecule has 2 rings (SSSR count). The van der Waals surface area contributed by atoms with Crippen LogP contribution in [0.1, 0.15) is 26.3 Å². The predicted molar refractivity (Wildman–Crippen MR) is 80.0 cm³/mol. The largest absolute Gasteiger partial charge is 0.0843 e. The molecule has 0 bridgehead atoms. The van der Waals surface area contributed by atoms with Gasteiger partial charge in [-0.3, -0.25) is 0 Å². The number of hydrogen-bond acceptors (Lipinski definition) is 0. The van der Waals surface area contributed by atoms with E-state index in [1.54, 1.807) is 0 Å². The average Bonchev–Trinajstić information content (AvgIpc) is 2.28. The summed E-state index contributed by atoms with van der Waals surface area (Å²) in [6.45, 7) is 6.79. The minimum Gasteiger partial charge on any atom is -0.0843 e. The van der Waals surface area contributed by atoms with Crippen molar-refractivity contribution in [1.29, 1.82) is 0 Å². The Kier molecular flexibility index (Phi) is 3.77. The summed E-state index contributed by atoms with van der Waals surface area (Å²) in [5, 5.41) is 0.784. The predicted octanol–water partition coefficient (Wildman–Crippen LogP) is 5.60. The lowest BCUT2D eigenvalue weighted by molar-refractivity contribution is 0.411. The summed E-state index contributed by atoms with van der Waals surface area (Å²) in [4.78, 5) is 0. The summed E-state index contributed by atoms with van der Waals surface area (Å²) in [7, 11) is 0. The topological polar surface area (TPSA) is 0 Å². The SMILES string of the molecule is CC(C)(C)Cc1ccc(-c2cccc(Cl)c2)cc1. The summed E-state index contributed by atoms with van der Waals surface area (Å²) in [6, 6.07) is 16.7. The molecule has 0 unspecified atom stereocenters. The first-order valence-electron chi connectivity index (χ1n) is 6.29. The fourth-order valence-electron chi connectivity index (χ4n) is 2.10. The molecule has 0 aliphatic rings. The third-order valence-electron chi connectivity index (χ3n) is 2.85. The second kappa shape index (κ2) is 5.16. The average molecular weight is 259 g/mol. The number of benzene rings is 2. The van der Waals surface area contributed by atoms with E-state index in [4.69, 9.17) is 11.6 Å². The summed E-state index contributed by atoms with van der Waals surface area (Å²) < 4.78 is 0. The fourth-order valence-corrected chi connectivity index (χ4v) is 2.29. The van der Waals surface area contributed by atoms with Gasteiger partial charge < -0.3 is 0 Å². The Labute approximate surface area is 115 Å². The quantitative estimate of drug-likeness (QED) is 0.658. The van der Waals surface area contributed by atoms with E-state index in [1.165, 1.54) is 16.7 Å². The Morgan fingerprint density at radius 1 is 0.889 bits per heavy atom. The molecule has 0 radical (unpaired) electrons. The van der Waals surface area contributed by atoms with Gasteiger partial charge in [-0.15, -0.1) is 0 Å². The number of rotatable bonds is 2. The second-order valence-corrected chi connectivity index (χ2v) is 6.38. The number of halogens is 1. The van der Waals surface area contributed by atoms with Crippen LogP contribution in [0.5, 0.6) is 0 Å². The van der Waals surface area contributed by atoms with Crippen molar-refractivity contribution in [2.24, 2.45) is 5.41 Å². The van der Waals surface area contributed by atoms with Gasteiger partial charge in [0.15, 0.2) is 0 Å². The van der Waals surface area contributed by atoms with E-state index in [2.05, 4.69) is 51.1 Å². The van der Waals surface area contributed by atoms with E-state index < -0.39 is 0 Å². The molecule has 0 aliphatic carbocycles. The molecule has 0 saturated carbocycles. The van der Waals surface area contributed by atoms with Gasteiger partial charge >= 0.3 is 0 Å². The monoisotopic (exact) mass is 258 g/mol. The lowest BCUT2D eigenvalue weighted by Gasteiger charge is -2.18. The van der Waals surface area contributed by atoms with Gasteiger partial charge in [0.1, 0.15) is 0 Å². The van der Waals surface area contributed by atoms with E-state index in [1.807, 2.05) is 18.2 Å². The molecule has 0 saturated heterocycles. The highest BCUT2D eigenvalue weighted by molar-refractivity contribution is 6.30. The standard InChI is InChI=1S/C17H19Cl/c1-17(2,3)12-13-7-9-14(10-8-13)15-5-4-6-16(18)11-15/h4-11H,12H2,1-3H3. The van der Waals surface area contributed by atoms with Crippen LogP contribution in [0.15, 0.2) is 48.5 Å². The van der Waals surface area contributed by atoms with Crippen LogP contribution in [0.2, 0.25) is 5.02 Å². The van der Waals surface area contributed by atoms with Gasteiger partial charge in [0.25, 0.3) is 0 Å². The van der Waals surface area contributed by atoms with Crippen LogP contribution in [0.25, 0.3) is 11.1 Å². The molecule has 0 spiro atoms. The lowest BCUT2D eigenvalue weighted by atomic mass is 9.88. The van der Waals surface area contributed by atoms with E-state index in [-0.39, 0.29) is 0 Å². The molecular formula is C17H19Cl. The normalized spacial score (nSPS) is 11.6. The Morgan fingerprint density at radius 2 is 1.56 bits per heavy atom. The van der Waals surface area contributed by atoms with Gasteiger partial charge in [-0.05, 0) is 40.7 Å². The minimum atomic E-state index is 0.331. The minimum absolute atomic E-state index is 0.331. The molecule has 2 aromatic rings. The molecule has 94 valence electrons. The van der Waals surface area contributed by atoms with Crippen LogP contribution in [0.3, 0.4) is 0 Å². The first-order chi connectivity index (χ1) is 8.44. The summed E-state index contributed by atoms with van der Waals surface area (Å²) in [5.74, 6) is 0. The third-order valence-corrected chi connectivity index (χ3v) is 3.08.